The molecule has 1 unspecified atom stereocenters. The first-order valence-electron chi connectivity index (χ1n) is 14.4. The van der Waals surface area contributed by atoms with Crippen LogP contribution < -0.4 is 20.7 Å². The quantitative estimate of drug-likeness (QED) is 0.193. The van der Waals surface area contributed by atoms with Crippen LogP contribution in [0.2, 0.25) is 10.0 Å². The normalized spacial score (nSPS) is 17.3. The predicted molar refractivity (Wildman–Crippen MR) is 175 cm³/mol. The van der Waals surface area contributed by atoms with Crippen molar-refractivity contribution in [3.63, 3.8) is 0 Å². The number of carbonyl (C=O) groups is 1. The van der Waals surface area contributed by atoms with Crippen molar-refractivity contribution in [1.29, 1.82) is 0 Å². The molecule has 1 fully saturated rings. The highest BCUT2D eigenvalue weighted by Crippen LogP contribution is 2.42. The van der Waals surface area contributed by atoms with Crippen LogP contribution in [-0.2, 0) is 11.3 Å². The zero-order chi connectivity index (χ0) is 31.7. The van der Waals surface area contributed by atoms with Gasteiger partial charge < -0.3 is 25.8 Å². The standard InChI is InChI=1S/C32H32Cl2N8O3/c1-17-12-18-13-37-42(2)32(44)27(18)30(38-17)40-23-9-5-7-21(29(23)34)20-6-4-8-22(28(20)33)24-16-36-25(31(41-24)45-3)15-35-14-19-10-11-26(43)39-19/h4-9,12-13,16,19,32,35,44H,10-11,14-15H2,1-3H3,(H,38,40)(H,39,43)/t19-,32?/m1/s1. The molecule has 0 spiro atoms. The number of rotatable bonds is 9. The molecule has 0 bridgehead atoms. The van der Waals surface area contributed by atoms with E-state index >= 15 is 0 Å². The van der Waals surface area contributed by atoms with E-state index in [0.29, 0.717) is 80.6 Å². The molecule has 2 aliphatic heterocycles. The largest absolute Gasteiger partial charge is 0.480 e. The number of anilines is 2. The number of amides is 1. The van der Waals surface area contributed by atoms with Gasteiger partial charge in [0.2, 0.25) is 11.8 Å². The number of aliphatic hydroxyl groups excluding tert-OH is 1. The van der Waals surface area contributed by atoms with E-state index in [1.807, 2.05) is 49.4 Å². The number of halogens is 2. The first kappa shape index (κ1) is 30.7. The SMILES string of the molecule is COc1nc(-c2cccc(-c3cccc(Nc4nc(C)cc5c4C(O)N(C)N=C5)c3Cl)c2Cl)cnc1CNC[C@H]1CCC(=O)N1. The lowest BCUT2D eigenvalue weighted by molar-refractivity contribution is -0.119. The van der Waals surface area contributed by atoms with E-state index in [9.17, 15) is 9.90 Å². The highest BCUT2D eigenvalue weighted by atomic mass is 35.5. The van der Waals surface area contributed by atoms with Gasteiger partial charge in [-0.3, -0.25) is 14.8 Å². The Labute approximate surface area is 270 Å². The molecular formula is C32H32Cl2N8O3. The summed E-state index contributed by atoms with van der Waals surface area (Å²) in [6.45, 7) is 2.95. The number of aromatic nitrogens is 3. The van der Waals surface area contributed by atoms with E-state index in [0.717, 1.165) is 17.7 Å². The number of fused-ring (bicyclic) bond motifs is 1. The van der Waals surface area contributed by atoms with Crippen molar-refractivity contribution in [3.05, 3.63) is 81.2 Å². The lowest BCUT2D eigenvalue weighted by Crippen LogP contribution is -2.35. The number of hydrazone groups is 1. The van der Waals surface area contributed by atoms with Crippen LogP contribution in [-0.4, -0.2) is 63.9 Å². The van der Waals surface area contributed by atoms with Gasteiger partial charge in [-0.25, -0.2) is 9.97 Å². The van der Waals surface area contributed by atoms with Gasteiger partial charge in [-0.1, -0.05) is 53.5 Å². The Morgan fingerprint density at radius 1 is 1.11 bits per heavy atom. The Balaban J connectivity index is 1.27. The van der Waals surface area contributed by atoms with Gasteiger partial charge in [0.25, 0.3) is 0 Å². The minimum atomic E-state index is -0.969. The molecule has 232 valence electrons. The first-order valence-corrected chi connectivity index (χ1v) is 15.2. The van der Waals surface area contributed by atoms with Crippen molar-refractivity contribution in [3.8, 4) is 28.3 Å². The third-order valence-corrected chi connectivity index (χ3v) is 8.61. The van der Waals surface area contributed by atoms with Gasteiger partial charge >= 0.3 is 0 Å². The second kappa shape index (κ2) is 13.0. The second-order valence-electron chi connectivity index (χ2n) is 10.9. The molecular weight excluding hydrogens is 615 g/mol. The van der Waals surface area contributed by atoms with Crippen molar-refractivity contribution in [1.82, 2.24) is 30.6 Å². The minimum Gasteiger partial charge on any atom is -0.480 e. The molecule has 11 nitrogen and oxygen atoms in total. The van der Waals surface area contributed by atoms with Gasteiger partial charge in [-0.15, -0.1) is 0 Å². The summed E-state index contributed by atoms with van der Waals surface area (Å²) in [5.74, 6) is 0.949. The number of aliphatic hydroxyl groups is 1. The van der Waals surface area contributed by atoms with Crippen molar-refractivity contribution < 1.29 is 14.6 Å². The molecule has 13 heteroatoms. The molecule has 2 atom stereocenters. The molecule has 45 heavy (non-hydrogen) atoms. The van der Waals surface area contributed by atoms with Crippen LogP contribution in [0.5, 0.6) is 5.88 Å². The monoisotopic (exact) mass is 646 g/mol. The van der Waals surface area contributed by atoms with E-state index in [4.69, 9.17) is 32.9 Å². The lowest BCUT2D eigenvalue weighted by Gasteiger charge is -2.28. The molecule has 4 N–H and O–H groups in total. The molecule has 0 radical (unpaired) electrons. The Kier molecular flexibility index (Phi) is 8.86. The smallest absolute Gasteiger partial charge is 0.237 e. The Bertz CT molecular complexity index is 1800. The molecule has 1 amide bonds. The average Bonchev–Trinajstić information content (AvgIpc) is 3.45. The Morgan fingerprint density at radius 3 is 2.62 bits per heavy atom. The number of aryl methyl sites for hydroxylation is 1. The number of hydrogen-bond acceptors (Lipinski definition) is 10. The van der Waals surface area contributed by atoms with Crippen LogP contribution in [0, 0.1) is 6.92 Å². The fourth-order valence-corrected chi connectivity index (χ4v) is 6.09. The van der Waals surface area contributed by atoms with Crippen LogP contribution in [0.3, 0.4) is 0 Å². The van der Waals surface area contributed by atoms with E-state index in [2.05, 4.69) is 31.0 Å². The Hall–Kier alpha value is -4.29. The van der Waals surface area contributed by atoms with Crippen LogP contribution >= 0.6 is 23.2 Å². The van der Waals surface area contributed by atoms with Crippen LogP contribution in [0.15, 0.2) is 53.8 Å². The lowest BCUT2D eigenvalue weighted by atomic mass is 10.0. The number of ether oxygens (including phenoxy) is 1. The van der Waals surface area contributed by atoms with Gasteiger partial charge in [0.15, 0.2) is 6.23 Å². The van der Waals surface area contributed by atoms with Crippen molar-refractivity contribution in [2.24, 2.45) is 5.10 Å². The van der Waals surface area contributed by atoms with Crippen molar-refractivity contribution >= 4 is 46.8 Å². The summed E-state index contributed by atoms with van der Waals surface area (Å²) in [5.41, 5.74) is 6.03. The maximum Gasteiger partial charge on any atom is 0.237 e. The summed E-state index contributed by atoms with van der Waals surface area (Å²) in [6, 6.07) is 13.2. The number of benzene rings is 2. The molecule has 1 saturated heterocycles. The van der Waals surface area contributed by atoms with Crippen molar-refractivity contribution in [2.45, 2.75) is 38.6 Å². The number of carbonyl (C=O) groups excluding carboxylic acids is 1. The molecule has 2 aromatic carbocycles. The summed E-state index contributed by atoms with van der Waals surface area (Å²) in [7, 11) is 3.24. The fraction of sp³-hybridized carbons (Fsp3) is 0.281. The van der Waals surface area contributed by atoms with Gasteiger partial charge in [0.1, 0.15) is 11.5 Å². The van der Waals surface area contributed by atoms with E-state index in [-0.39, 0.29) is 11.9 Å². The molecule has 0 aliphatic carbocycles. The van der Waals surface area contributed by atoms with Crippen LogP contribution in [0.1, 0.15) is 41.6 Å². The molecule has 2 aromatic heterocycles. The summed E-state index contributed by atoms with van der Waals surface area (Å²) < 4.78 is 5.56. The molecule has 6 rings (SSSR count). The fourth-order valence-electron chi connectivity index (χ4n) is 5.49. The van der Waals surface area contributed by atoms with Crippen LogP contribution in [0.4, 0.5) is 11.5 Å². The predicted octanol–water partition coefficient (Wildman–Crippen LogP) is 5.21. The summed E-state index contributed by atoms with van der Waals surface area (Å²) in [5, 5.41) is 27.0. The van der Waals surface area contributed by atoms with Gasteiger partial charge in [-0.05, 0) is 25.5 Å². The minimum absolute atomic E-state index is 0.0806. The van der Waals surface area contributed by atoms with Crippen LogP contribution in [0.25, 0.3) is 22.4 Å². The second-order valence-corrected chi connectivity index (χ2v) is 11.7. The number of methoxy groups -OCH3 is 1. The topological polar surface area (TPSA) is 137 Å². The number of hydrogen-bond donors (Lipinski definition) is 4. The average molecular weight is 648 g/mol. The van der Waals surface area contributed by atoms with Crippen molar-refractivity contribution in [2.75, 3.05) is 26.0 Å². The number of nitrogens with one attached hydrogen (secondary N) is 3. The maximum atomic E-state index is 11.5. The molecule has 4 aromatic rings. The summed E-state index contributed by atoms with van der Waals surface area (Å²) in [4.78, 5) is 25.4. The van der Waals surface area contributed by atoms with Gasteiger partial charge in [0, 0.05) is 60.5 Å². The summed E-state index contributed by atoms with van der Waals surface area (Å²) >= 11 is 14.0. The number of nitrogens with zero attached hydrogens (tertiary/aromatic N) is 5. The first-order chi connectivity index (χ1) is 21.7. The summed E-state index contributed by atoms with van der Waals surface area (Å²) in [6.07, 6.45) is 3.76. The third-order valence-electron chi connectivity index (χ3n) is 7.80. The van der Waals surface area contributed by atoms with E-state index in [1.54, 1.807) is 26.6 Å². The maximum absolute atomic E-state index is 11.5. The van der Waals surface area contributed by atoms with Gasteiger partial charge in [0.05, 0.1) is 46.5 Å². The van der Waals surface area contributed by atoms with Gasteiger partial charge in [-0.2, -0.15) is 5.10 Å². The van der Waals surface area contributed by atoms with E-state index in [1.165, 1.54) is 5.01 Å². The zero-order valence-corrected chi connectivity index (χ0v) is 26.4. The zero-order valence-electron chi connectivity index (χ0n) is 24.9. The van der Waals surface area contributed by atoms with E-state index < -0.39 is 6.23 Å². The molecule has 4 heterocycles. The Morgan fingerprint density at radius 2 is 1.87 bits per heavy atom. The highest BCUT2D eigenvalue weighted by molar-refractivity contribution is 6.39. The molecule has 2 aliphatic rings. The number of pyridine rings is 1. The molecule has 0 saturated carbocycles. The third kappa shape index (κ3) is 6.30. The highest BCUT2D eigenvalue weighted by Gasteiger charge is 2.26.